The molecule has 1 atom stereocenters. The molecule has 5 heteroatoms. The summed E-state index contributed by atoms with van der Waals surface area (Å²) >= 11 is 0. The summed E-state index contributed by atoms with van der Waals surface area (Å²) in [6, 6.07) is 17.6. The Kier molecular flexibility index (Phi) is 4.42. The van der Waals surface area contributed by atoms with Gasteiger partial charge in [-0.1, -0.05) is 30.3 Å². The molecular formula is C19H19N3O2. The SMILES string of the molecule is CC1Cc2ccc([N+](=O)[O-])cc2N1C.c1ccc2ncccc2c1. The Labute approximate surface area is 140 Å². The lowest BCUT2D eigenvalue weighted by atomic mass is 10.1. The van der Waals surface area contributed by atoms with Gasteiger partial charge in [0.25, 0.3) is 5.69 Å². The summed E-state index contributed by atoms with van der Waals surface area (Å²) in [6.45, 7) is 2.12. The molecule has 3 aromatic rings. The van der Waals surface area contributed by atoms with Gasteiger partial charge in [0.05, 0.1) is 10.4 Å². The summed E-state index contributed by atoms with van der Waals surface area (Å²) in [6.07, 6.45) is 2.78. The van der Waals surface area contributed by atoms with Crippen LogP contribution in [-0.4, -0.2) is 23.0 Å². The van der Waals surface area contributed by atoms with Crippen molar-refractivity contribution >= 4 is 22.3 Å². The van der Waals surface area contributed by atoms with Crippen molar-refractivity contribution < 1.29 is 4.92 Å². The molecule has 2 aromatic carbocycles. The van der Waals surface area contributed by atoms with Gasteiger partial charge in [0.15, 0.2) is 0 Å². The van der Waals surface area contributed by atoms with E-state index in [-0.39, 0.29) is 10.6 Å². The van der Waals surface area contributed by atoms with E-state index in [1.165, 1.54) is 10.9 Å². The van der Waals surface area contributed by atoms with Crippen LogP contribution in [0.15, 0.2) is 60.8 Å². The quantitative estimate of drug-likeness (QED) is 0.497. The van der Waals surface area contributed by atoms with Gasteiger partial charge in [-0.25, -0.2) is 0 Å². The molecule has 5 nitrogen and oxygen atoms in total. The Bertz CT molecular complexity index is 814. The Morgan fingerprint density at radius 1 is 1.17 bits per heavy atom. The molecule has 1 aromatic heterocycles. The normalized spacial score (nSPS) is 15.6. The monoisotopic (exact) mass is 321 g/mol. The maximum absolute atomic E-state index is 10.6. The van der Waals surface area contributed by atoms with Crippen molar-refractivity contribution in [3.05, 3.63) is 76.5 Å². The number of nitrogens with zero attached hydrogens (tertiary/aromatic N) is 3. The highest BCUT2D eigenvalue weighted by Crippen LogP contribution is 2.33. The molecule has 0 saturated carbocycles. The number of rotatable bonds is 1. The maximum Gasteiger partial charge on any atom is 0.271 e. The van der Waals surface area contributed by atoms with Gasteiger partial charge in [0.1, 0.15) is 0 Å². The minimum atomic E-state index is -0.350. The highest BCUT2D eigenvalue weighted by atomic mass is 16.6. The number of non-ortho nitro benzene ring substituents is 1. The highest BCUT2D eigenvalue weighted by Gasteiger charge is 2.24. The standard InChI is InChI=1S/C10H12N2O2.C9H7N/c1-7-5-8-3-4-9(12(13)14)6-10(8)11(7)2;1-2-6-9-8(4-1)5-3-7-10-9/h3-4,6-7H,5H2,1-2H3;1-7H. The van der Waals surface area contributed by atoms with Crippen LogP contribution in [0.1, 0.15) is 12.5 Å². The number of hydrogen-bond acceptors (Lipinski definition) is 4. The molecule has 4 rings (SSSR count). The smallest absolute Gasteiger partial charge is 0.271 e. The fraction of sp³-hybridized carbons (Fsp3) is 0.211. The van der Waals surface area contributed by atoms with Crippen molar-refractivity contribution in [1.29, 1.82) is 0 Å². The van der Waals surface area contributed by atoms with Crippen LogP contribution >= 0.6 is 0 Å². The minimum Gasteiger partial charge on any atom is -0.371 e. The second-order valence-corrected chi connectivity index (χ2v) is 5.93. The summed E-state index contributed by atoms with van der Waals surface area (Å²) < 4.78 is 0. The number of benzene rings is 2. The first kappa shape index (κ1) is 15.9. The zero-order chi connectivity index (χ0) is 17.1. The van der Waals surface area contributed by atoms with E-state index in [0.29, 0.717) is 6.04 Å². The third-order valence-electron chi connectivity index (χ3n) is 4.35. The first-order chi connectivity index (χ1) is 11.6. The number of aromatic nitrogens is 1. The molecule has 1 aliphatic heterocycles. The van der Waals surface area contributed by atoms with Crippen molar-refractivity contribution in [2.24, 2.45) is 0 Å². The van der Waals surface area contributed by atoms with E-state index in [4.69, 9.17) is 0 Å². The summed E-state index contributed by atoms with van der Waals surface area (Å²) in [5, 5.41) is 11.8. The Hall–Kier alpha value is -2.95. The Morgan fingerprint density at radius 2 is 1.92 bits per heavy atom. The molecule has 1 unspecified atom stereocenters. The van der Waals surface area contributed by atoms with Gasteiger partial charge in [0.2, 0.25) is 0 Å². The number of likely N-dealkylation sites (N-methyl/N-ethyl adjacent to an activating group) is 1. The van der Waals surface area contributed by atoms with Crippen molar-refractivity contribution in [2.75, 3.05) is 11.9 Å². The predicted molar refractivity (Wildman–Crippen MR) is 96.4 cm³/mol. The lowest BCUT2D eigenvalue weighted by Gasteiger charge is -2.17. The van der Waals surface area contributed by atoms with Crippen LogP contribution in [0, 0.1) is 10.1 Å². The number of anilines is 1. The summed E-state index contributed by atoms with van der Waals surface area (Å²) in [5.74, 6) is 0. The summed E-state index contributed by atoms with van der Waals surface area (Å²) in [7, 11) is 1.97. The lowest BCUT2D eigenvalue weighted by molar-refractivity contribution is -0.384. The predicted octanol–water partition coefficient (Wildman–Crippen LogP) is 4.21. The van der Waals surface area contributed by atoms with E-state index in [0.717, 1.165) is 17.6 Å². The van der Waals surface area contributed by atoms with E-state index in [9.17, 15) is 10.1 Å². The number of fused-ring (bicyclic) bond motifs is 2. The van der Waals surface area contributed by atoms with Gasteiger partial charge in [-0.2, -0.15) is 0 Å². The molecule has 0 aliphatic carbocycles. The zero-order valence-electron chi connectivity index (χ0n) is 13.7. The Balaban J connectivity index is 0.000000149. The fourth-order valence-electron chi connectivity index (χ4n) is 2.88. The van der Waals surface area contributed by atoms with Gasteiger partial charge in [-0.15, -0.1) is 0 Å². The van der Waals surface area contributed by atoms with Crippen molar-refractivity contribution in [3.8, 4) is 0 Å². The first-order valence-electron chi connectivity index (χ1n) is 7.86. The van der Waals surface area contributed by atoms with Gasteiger partial charge in [0, 0.05) is 42.5 Å². The van der Waals surface area contributed by atoms with Crippen LogP contribution < -0.4 is 4.90 Å². The second kappa shape index (κ2) is 6.66. The molecule has 0 N–H and O–H groups in total. The van der Waals surface area contributed by atoms with Crippen LogP contribution in [0.4, 0.5) is 11.4 Å². The maximum atomic E-state index is 10.6. The molecule has 0 bridgehead atoms. The van der Waals surface area contributed by atoms with Gasteiger partial charge in [-0.05, 0) is 31.0 Å². The third-order valence-corrected chi connectivity index (χ3v) is 4.35. The van der Waals surface area contributed by atoms with Crippen molar-refractivity contribution in [2.45, 2.75) is 19.4 Å². The van der Waals surface area contributed by atoms with E-state index in [1.54, 1.807) is 12.1 Å². The molecule has 122 valence electrons. The number of pyridine rings is 1. The van der Waals surface area contributed by atoms with Crippen LogP contribution in [0.5, 0.6) is 0 Å². The van der Waals surface area contributed by atoms with E-state index in [1.807, 2.05) is 43.6 Å². The first-order valence-corrected chi connectivity index (χ1v) is 7.86. The van der Waals surface area contributed by atoms with Gasteiger partial charge < -0.3 is 4.90 Å². The summed E-state index contributed by atoms with van der Waals surface area (Å²) in [5.41, 5.74) is 3.42. The molecule has 24 heavy (non-hydrogen) atoms. The molecule has 0 saturated heterocycles. The molecule has 0 radical (unpaired) electrons. The highest BCUT2D eigenvalue weighted by molar-refractivity contribution is 5.77. The van der Waals surface area contributed by atoms with Gasteiger partial charge in [-0.3, -0.25) is 15.1 Å². The van der Waals surface area contributed by atoms with E-state index in [2.05, 4.69) is 28.9 Å². The molecular weight excluding hydrogens is 302 g/mol. The Morgan fingerprint density at radius 3 is 2.67 bits per heavy atom. The molecule has 1 aliphatic rings. The van der Waals surface area contributed by atoms with Crippen molar-refractivity contribution in [1.82, 2.24) is 4.98 Å². The van der Waals surface area contributed by atoms with E-state index < -0.39 is 0 Å². The van der Waals surface area contributed by atoms with E-state index >= 15 is 0 Å². The van der Waals surface area contributed by atoms with Crippen LogP contribution in [-0.2, 0) is 6.42 Å². The van der Waals surface area contributed by atoms with Crippen LogP contribution in [0.3, 0.4) is 0 Å². The number of nitro benzene ring substituents is 1. The zero-order valence-corrected chi connectivity index (χ0v) is 13.7. The largest absolute Gasteiger partial charge is 0.371 e. The molecule has 2 heterocycles. The minimum absolute atomic E-state index is 0.171. The molecule has 0 amide bonds. The molecule has 0 spiro atoms. The topological polar surface area (TPSA) is 59.3 Å². The van der Waals surface area contributed by atoms with Gasteiger partial charge >= 0.3 is 0 Å². The average Bonchev–Trinajstić information content (AvgIpc) is 2.89. The molecule has 0 fully saturated rings. The number of hydrogen-bond donors (Lipinski definition) is 0. The lowest BCUT2D eigenvalue weighted by Crippen LogP contribution is -2.23. The van der Waals surface area contributed by atoms with Crippen LogP contribution in [0.25, 0.3) is 10.9 Å². The number of nitro groups is 1. The second-order valence-electron chi connectivity index (χ2n) is 5.93. The van der Waals surface area contributed by atoms with Crippen molar-refractivity contribution in [3.63, 3.8) is 0 Å². The fourth-order valence-corrected chi connectivity index (χ4v) is 2.88. The van der Waals surface area contributed by atoms with Crippen LogP contribution in [0.2, 0.25) is 0 Å². The number of para-hydroxylation sites is 1. The summed E-state index contributed by atoms with van der Waals surface area (Å²) in [4.78, 5) is 16.5. The average molecular weight is 321 g/mol. The third kappa shape index (κ3) is 3.20.